The highest BCUT2D eigenvalue weighted by atomic mass is 19.1. The van der Waals surface area contributed by atoms with E-state index in [0.717, 1.165) is 28.5 Å². The fourth-order valence-electron chi connectivity index (χ4n) is 2.65. The summed E-state index contributed by atoms with van der Waals surface area (Å²) in [7, 11) is 0. The SMILES string of the molecule is CC(NC(=O)c1ccc(F)cc1F)c1cccc2ccccc12. The Hall–Kier alpha value is -2.75. The summed E-state index contributed by atoms with van der Waals surface area (Å²) in [4.78, 5) is 12.2. The van der Waals surface area contributed by atoms with Crippen molar-refractivity contribution in [2.24, 2.45) is 0 Å². The van der Waals surface area contributed by atoms with Crippen LogP contribution in [0.2, 0.25) is 0 Å². The van der Waals surface area contributed by atoms with Crippen molar-refractivity contribution in [3.8, 4) is 0 Å². The minimum Gasteiger partial charge on any atom is -0.345 e. The molecule has 0 saturated heterocycles. The minimum absolute atomic E-state index is 0.168. The molecule has 3 rings (SSSR count). The lowest BCUT2D eigenvalue weighted by Crippen LogP contribution is -2.27. The van der Waals surface area contributed by atoms with Crippen molar-refractivity contribution < 1.29 is 13.6 Å². The summed E-state index contributed by atoms with van der Waals surface area (Å²) in [6, 6.07) is 16.3. The smallest absolute Gasteiger partial charge is 0.254 e. The third-order valence-corrected chi connectivity index (χ3v) is 3.81. The fourth-order valence-corrected chi connectivity index (χ4v) is 2.65. The van der Waals surface area contributed by atoms with Gasteiger partial charge in [-0.05, 0) is 35.4 Å². The maximum atomic E-state index is 13.7. The molecule has 1 atom stereocenters. The average Bonchev–Trinajstić information content (AvgIpc) is 2.54. The summed E-state index contributed by atoms with van der Waals surface area (Å²) < 4.78 is 26.6. The third-order valence-electron chi connectivity index (χ3n) is 3.81. The number of amides is 1. The van der Waals surface area contributed by atoms with E-state index in [1.165, 1.54) is 0 Å². The van der Waals surface area contributed by atoms with E-state index < -0.39 is 17.5 Å². The first-order valence-corrected chi connectivity index (χ1v) is 7.30. The molecule has 2 nitrogen and oxygen atoms in total. The van der Waals surface area contributed by atoms with Gasteiger partial charge in [-0.1, -0.05) is 42.5 Å². The highest BCUT2D eigenvalue weighted by Crippen LogP contribution is 2.24. The third kappa shape index (κ3) is 3.06. The summed E-state index contributed by atoms with van der Waals surface area (Å²) in [5, 5.41) is 4.86. The van der Waals surface area contributed by atoms with Crippen LogP contribution in [-0.4, -0.2) is 5.91 Å². The Morgan fingerprint density at radius 3 is 2.52 bits per heavy atom. The average molecular weight is 311 g/mol. The van der Waals surface area contributed by atoms with Crippen LogP contribution in [0.3, 0.4) is 0 Å². The van der Waals surface area contributed by atoms with Gasteiger partial charge in [0.2, 0.25) is 0 Å². The van der Waals surface area contributed by atoms with Gasteiger partial charge in [0.05, 0.1) is 11.6 Å². The van der Waals surface area contributed by atoms with Gasteiger partial charge >= 0.3 is 0 Å². The molecular formula is C19H15F2NO. The molecule has 3 aromatic rings. The summed E-state index contributed by atoms with van der Waals surface area (Å²) in [6.07, 6.45) is 0. The summed E-state index contributed by atoms with van der Waals surface area (Å²) in [5.41, 5.74) is 0.775. The number of halogens is 2. The molecule has 116 valence electrons. The predicted octanol–water partition coefficient (Wildman–Crippen LogP) is 4.61. The largest absolute Gasteiger partial charge is 0.345 e. The second-order valence-corrected chi connectivity index (χ2v) is 5.39. The van der Waals surface area contributed by atoms with Crippen LogP contribution in [0.5, 0.6) is 0 Å². The van der Waals surface area contributed by atoms with Crippen LogP contribution in [0.15, 0.2) is 60.7 Å². The molecule has 1 amide bonds. The summed E-state index contributed by atoms with van der Waals surface area (Å²) in [5.74, 6) is -2.14. The zero-order valence-corrected chi connectivity index (χ0v) is 12.5. The van der Waals surface area contributed by atoms with Gasteiger partial charge in [-0.25, -0.2) is 8.78 Å². The topological polar surface area (TPSA) is 29.1 Å². The van der Waals surface area contributed by atoms with Crippen LogP contribution in [-0.2, 0) is 0 Å². The lowest BCUT2D eigenvalue weighted by Gasteiger charge is -2.17. The maximum Gasteiger partial charge on any atom is 0.254 e. The molecule has 0 saturated carbocycles. The van der Waals surface area contributed by atoms with Crippen molar-refractivity contribution in [2.45, 2.75) is 13.0 Å². The molecule has 0 fully saturated rings. The number of carbonyl (C=O) groups excluding carboxylic acids is 1. The monoisotopic (exact) mass is 311 g/mol. The molecular weight excluding hydrogens is 296 g/mol. The van der Waals surface area contributed by atoms with E-state index in [0.29, 0.717) is 6.07 Å². The van der Waals surface area contributed by atoms with Gasteiger partial charge in [-0.3, -0.25) is 4.79 Å². The first kappa shape index (κ1) is 15.2. The first-order valence-electron chi connectivity index (χ1n) is 7.30. The maximum absolute atomic E-state index is 13.7. The van der Waals surface area contributed by atoms with Crippen molar-refractivity contribution >= 4 is 16.7 Å². The molecule has 0 radical (unpaired) electrons. The number of fused-ring (bicyclic) bond motifs is 1. The second kappa shape index (κ2) is 6.16. The second-order valence-electron chi connectivity index (χ2n) is 5.39. The Bertz CT molecular complexity index is 871. The van der Waals surface area contributed by atoms with Crippen LogP contribution < -0.4 is 5.32 Å². The van der Waals surface area contributed by atoms with Crippen molar-refractivity contribution in [1.29, 1.82) is 0 Å². The molecule has 3 aromatic carbocycles. The molecule has 0 spiro atoms. The molecule has 23 heavy (non-hydrogen) atoms. The highest BCUT2D eigenvalue weighted by molar-refractivity contribution is 5.95. The number of rotatable bonds is 3. The zero-order chi connectivity index (χ0) is 16.4. The number of benzene rings is 3. The van der Waals surface area contributed by atoms with Crippen LogP contribution in [0.25, 0.3) is 10.8 Å². The number of hydrogen-bond acceptors (Lipinski definition) is 1. The number of carbonyl (C=O) groups is 1. The Morgan fingerprint density at radius 1 is 1.00 bits per heavy atom. The van der Waals surface area contributed by atoms with Gasteiger partial charge in [-0.15, -0.1) is 0 Å². The Labute approximate surface area is 132 Å². The Balaban J connectivity index is 1.88. The van der Waals surface area contributed by atoms with E-state index in [-0.39, 0.29) is 11.6 Å². The first-order chi connectivity index (χ1) is 11.1. The standard InChI is InChI=1S/C19H15F2NO/c1-12(15-8-4-6-13-5-2-3-7-16(13)15)22-19(23)17-10-9-14(20)11-18(17)21/h2-12H,1H3,(H,22,23). The van der Waals surface area contributed by atoms with Gasteiger partial charge < -0.3 is 5.32 Å². The van der Waals surface area contributed by atoms with Crippen molar-refractivity contribution in [2.75, 3.05) is 0 Å². The molecule has 0 aliphatic heterocycles. The Kier molecular flexibility index (Phi) is 4.06. The molecule has 0 aromatic heterocycles. The van der Waals surface area contributed by atoms with E-state index >= 15 is 0 Å². The zero-order valence-electron chi connectivity index (χ0n) is 12.5. The summed E-state index contributed by atoms with van der Waals surface area (Å²) >= 11 is 0. The molecule has 4 heteroatoms. The number of nitrogens with one attached hydrogen (secondary N) is 1. The van der Waals surface area contributed by atoms with Crippen molar-refractivity contribution in [1.82, 2.24) is 5.32 Å². The molecule has 1 unspecified atom stereocenters. The van der Waals surface area contributed by atoms with Gasteiger partial charge in [0, 0.05) is 6.07 Å². The van der Waals surface area contributed by atoms with Crippen LogP contribution in [0.1, 0.15) is 28.9 Å². The Morgan fingerprint density at radius 2 is 1.74 bits per heavy atom. The molecule has 1 N–H and O–H groups in total. The minimum atomic E-state index is -0.868. The van der Waals surface area contributed by atoms with E-state index in [1.807, 2.05) is 49.4 Å². The van der Waals surface area contributed by atoms with Crippen molar-refractivity contribution in [3.05, 3.63) is 83.4 Å². The lowest BCUT2D eigenvalue weighted by molar-refractivity contribution is 0.0936. The van der Waals surface area contributed by atoms with E-state index in [2.05, 4.69) is 5.32 Å². The van der Waals surface area contributed by atoms with Crippen LogP contribution in [0, 0.1) is 11.6 Å². The van der Waals surface area contributed by atoms with Crippen LogP contribution >= 0.6 is 0 Å². The summed E-state index contributed by atoms with van der Waals surface area (Å²) in [6.45, 7) is 1.83. The van der Waals surface area contributed by atoms with Gasteiger partial charge in [0.15, 0.2) is 0 Å². The lowest BCUT2D eigenvalue weighted by atomic mass is 9.99. The predicted molar refractivity (Wildman–Crippen MR) is 86.2 cm³/mol. The normalized spacial score (nSPS) is 12.1. The molecule has 0 heterocycles. The van der Waals surface area contributed by atoms with Crippen LogP contribution in [0.4, 0.5) is 8.78 Å². The molecule has 0 aliphatic carbocycles. The number of hydrogen-bond donors (Lipinski definition) is 1. The van der Waals surface area contributed by atoms with Gasteiger partial charge in [-0.2, -0.15) is 0 Å². The molecule has 0 aliphatic rings. The quantitative estimate of drug-likeness (QED) is 0.752. The van der Waals surface area contributed by atoms with E-state index in [4.69, 9.17) is 0 Å². The van der Waals surface area contributed by atoms with E-state index in [1.54, 1.807) is 0 Å². The van der Waals surface area contributed by atoms with Gasteiger partial charge in [0.1, 0.15) is 11.6 Å². The molecule has 0 bridgehead atoms. The highest BCUT2D eigenvalue weighted by Gasteiger charge is 2.16. The van der Waals surface area contributed by atoms with Crippen molar-refractivity contribution in [3.63, 3.8) is 0 Å². The van der Waals surface area contributed by atoms with Gasteiger partial charge in [0.25, 0.3) is 5.91 Å². The van der Waals surface area contributed by atoms with E-state index in [9.17, 15) is 13.6 Å². The fraction of sp³-hybridized carbons (Fsp3) is 0.105.